The third-order valence-corrected chi connectivity index (χ3v) is 3.45. The first-order chi connectivity index (χ1) is 8.99. The van der Waals surface area contributed by atoms with E-state index in [-0.39, 0.29) is 17.9 Å². The lowest BCUT2D eigenvalue weighted by Crippen LogP contribution is -2.09. The molecule has 0 radical (unpaired) electrons. The van der Waals surface area contributed by atoms with Crippen molar-refractivity contribution < 1.29 is 4.74 Å². The van der Waals surface area contributed by atoms with E-state index in [1.54, 1.807) is 18.0 Å². The molecule has 0 aliphatic carbocycles. The molecular formula is C13H17N3O2S. The van der Waals surface area contributed by atoms with Crippen molar-refractivity contribution in [3.05, 3.63) is 29.6 Å². The normalized spacial score (nSPS) is 11.7. The summed E-state index contributed by atoms with van der Waals surface area (Å²) in [6, 6.07) is 1.89. The fourth-order valence-corrected chi connectivity index (χ4v) is 2.68. The van der Waals surface area contributed by atoms with Gasteiger partial charge in [0.2, 0.25) is 0 Å². The molecule has 0 atom stereocenters. The third kappa shape index (κ3) is 3.70. The molecule has 2 rings (SSSR count). The van der Waals surface area contributed by atoms with Gasteiger partial charge in [-0.15, -0.1) is 11.8 Å². The summed E-state index contributed by atoms with van der Waals surface area (Å²) in [7, 11) is 0. The minimum absolute atomic E-state index is 0.0786. The van der Waals surface area contributed by atoms with Crippen molar-refractivity contribution in [3.63, 3.8) is 0 Å². The fraction of sp³-hybridized carbons (Fsp3) is 0.462. The van der Waals surface area contributed by atoms with Gasteiger partial charge >= 0.3 is 0 Å². The van der Waals surface area contributed by atoms with E-state index in [0.717, 1.165) is 16.3 Å². The van der Waals surface area contributed by atoms with Crippen LogP contribution in [-0.2, 0) is 0 Å². The molecule has 0 unspecified atom stereocenters. The van der Waals surface area contributed by atoms with Crippen LogP contribution in [0.15, 0.2) is 34.7 Å². The maximum absolute atomic E-state index is 10.1. The largest absolute Gasteiger partial charge is 0.490 e. The Labute approximate surface area is 116 Å². The lowest BCUT2D eigenvalue weighted by atomic mass is 10.3. The van der Waals surface area contributed by atoms with Crippen LogP contribution in [-0.4, -0.2) is 27.3 Å². The monoisotopic (exact) mass is 279 g/mol. The van der Waals surface area contributed by atoms with Crippen molar-refractivity contribution in [3.8, 4) is 5.75 Å². The number of fused-ring (bicyclic) bond motifs is 1. The molecule has 102 valence electrons. The molecule has 0 saturated carbocycles. The predicted octanol–water partition coefficient (Wildman–Crippen LogP) is 3.37. The van der Waals surface area contributed by atoms with Crippen LogP contribution in [0.2, 0.25) is 0 Å². The fourth-order valence-electron chi connectivity index (χ4n) is 1.64. The molecule has 0 aromatic carbocycles. The first-order valence-electron chi connectivity index (χ1n) is 6.07. The Morgan fingerprint density at radius 3 is 2.95 bits per heavy atom. The van der Waals surface area contributed by atoms with Gasteiger partial charge in [0.25, 0.3) is 0 Å². The minimum Gasteiger partial charge on any atom is -0.490 e. The van der Waals surface area contributed by atoms with Crippen molar-refractivity contribution >= 4 is 17.4 Å². The third-order valence-electron chi connectivity index (χ3n) is 2.31. The van der Waals surface area contributed by atoms with E-state index in [0.29, 0.717) is 0 Å². The van der Waals surface area contributed by atoms with E-state index in [9.17, 15) is 4.91 Å². The molecule has 0 bridgehead atoms. The molecule has 6 heteroatoms. The molecule has 2 aromatic rings. The molecule has 2 aromatic heterocycles. The predicted molar refractivity (Wildman–Crippen MR) is 77.0 cm³/mol. The molecule has 2 heterocycles. The highest BCUT2D eigenvalue weighted by Crippen LogP contribution is 2.38. The molecule has 0 N–H and O–H groups in total. The number of thioether (sulfide) groups is 1. The van der Waals surface area contributed by atoms with Gasteiger partial charge in [-0.2, -0.15) is 4.91 Å². The highest BCUT2D eigenvalue weighted by Gasteiger charge is 2.17. The van der Waals surface area contributed by atoms with E-state index < -0.39 is 0 Å². The van der Waals surface area contributed by atoms with E-state index in [1.807, 2.05) is 22.9 Å². The lowest BCUT2D eigenvalue weighted by Gasteiger charge is -2.20. The SMILES string of the molecule is CC(C)(C)Sc1cn2ccnc2cc1OCCN=O. The van der Waals surface area contributed by atoms with Crippen LogP contribution in [0.5, 0.6) is 5.75 Å². The van der Waals surface area contributed by atoms with Crippen LogP contribution in [0, 0.1) is 4.91 Å². The summed E-state index contributed by atoms with van der Waals surface area (Å²) in [4.78, 5) is 15.4. The van der Waals surface area contributed by atoms with Crippen LogP contribution in [0.4, 0.5) is 0 Å². The summed E-state index contributed by atoms with van der Waals surface area (Å²) in [6.45, 7) is 6.88. The Morgan fingerprint density at radius 1 is 1.47 bits per heavy atom. The average molecular weight is 279 g/mol. The first-order valence-corrected chi connectivity index (χ1v) is 6.89. The number of ether oxygens (including phenoxy) is 1. The zero-order chi connectivity index (χ0) is 13.9. The summed E-state index contributed by atoms with van der Waals surface area (Å²) in [5.41, 5.74) is 0.826. The molecule has 0 saturated heterocycles. The standard InChI is InChI=1S/C13H17N3O2S/c1-13(2,3)19-11-9-16-6-4-14-12(16)8-10(11)18-7-5-15-17/h4,6,8-9H,5,7H2,1-3H3. The van der Waals surface area contributed by atoms with Gasteiger partial charge in [0.15, 0.2) is 0 Å². The van der Waals surface area contributed by atoms with Gasteiger partial charge in [0.05, 0.1) is 4.90 Å². The second kappa shape index (κ2) is 5.61. The van der Waals surface area contributed by atoms with Crippen molar-refractivity contribution in [1.82, 2.24) is 9.38 Å². The van der Waals surface area contributed by atoms with Crippen LogP contribution in [0.25, 0.3) is 5.65 Å². The van der Waals surface area contributed by atoms with Crippen LogP contribution in [0.3, 0.4) is 0 Å². The molecule has 19 heavy (non-hydrogen) atoms. The van der Waals surface area contributed by atoms with Crippen LogP contribution < -0.4 is 4.74 Å². The number of hydrogen-bond acceptors (Lipinski definition) is 5. The number of hydrogen-bond donors (Lipinski definition) is 0. The number of nitrogens with zero attached hydrogens (tertiary/aromatic N) is 3. The lowest BCUT2D eigenvalue weighted by molar-refractivity contribution is 0.320. The van der Waals surface area contributed by atoms with E-state index in [2.05, 4.69) is 30.9 Å². The molecule has 0 amide bonds. The quantitative estimate of drug-likeness (QED) is 0.478. The second-order valence-electron chi connectivity index (χ2n) is 5.11. The highest BCUT2D eigenvalue weighted by atomic mass is 32.2. The summed E-state index contributed by atoms with van der Waals surface area (Å²) in [5, 5.41) is 2.80. The Hall–Kier alpha value is -1.56. The molecule has 0 aliphatic heterocycles. The zero-order valence-corrected chi connectivity index (χ0v) is 12.1. The van der Waals surface area contributed by atoms with Gasteiger partial charge in [-0.05, 0) is 0 Å². The summed E-state index contributed by atoms with van der Waals surface area (Å²) in [6.07, 6.45) is 5.65. The van der Waals surface area contributed by atoms with Crippen molar-refractivity contribution in [1.29, 1.82) is 0 Å². The highest BCUT2D eigenvalue weighted by molar-refractivity contribution is 8.00. The Balaban J connectivity index is 2.32. The topological polar surface area (TPSA) is 56.0 Å². The van der Waals surface area contributed by atoms with E-state index in [4.69, 9.17) is 4.74 Å². The van der Waals surface area contributed by atoms with Gasteiger partial charge in [-0.25, -0.2) is 4.98 Å². The Morgan fingerprint density at radius 2 is 2.26 bits per heavy atom. The molecule has 0 aliphatic rings. The summed E-state index contributed by atoms with van der Waals surface area (Å²) >= 11 is 1.72. The van der Waals surface area contributed by atoms with Gasteiger partial charge in [-0.1, -0.05) is 25.9 Å². The smallest absolute Gasteiger partial charge is 0.140 e. The second-order valence-corrected chi connectivity index (χ2v) is 6.98. The molecule has 5 nitrogen and oxygen atoms in total. The van der Waals surface area contributed by atoms with E-state index in [1.165, 1.54) is 0 Å². The van der Waals surface area contributed by atoms with Gasteiger partial charge in [0.1, 0.15) is 24.5 Å². The number of pyridine rings is 1. The maximum atomic E-state index is 10.1. The van der Waals surface area contributed by atoms with Crippen molar-refractivity contribution in [2.24, 2.45) is 5.18 Å². The van der Waals surface area contributed by atoms with Gasteiger partial charge in [0, 0.05) is 29.4 Å². The number of imidazole rings is 1. The first kappa shape index (κ1) is 13.9. The van der Waals surface area contributed by atoms with Crippen molar-refractivity contribution in [2.75, 3.05) is 13.2 Å². The maximum Gasteiger partial charge on any atom is 0.140 e. The summed E-state index contributed by atoms with van der Waals surface area (Å²) in [5.74, 6) is 0.752. The Bertz CT molecular complexity index is 575. The zero-order valence-electron chi connectivity index (χ0n) is 11.3. The number of nitroso groups, excluding NO2 is 1. The molecule has 0 fully saturated rings. The average Bonchev–Trinajstić information content (AvgIpc) is 2.74. The van der Waals surface area contributed by atoms with Crippen LogP contribution >= 0.6 is 11.8 Å². The Kier molecular flexibility index (Phi) is 4.09. The minimum atomic E-state index is 0.0786. The van der Waals surface area contributed by atoms with Crippen LogP contribution in [0.1, 0.15) is 20.8 Å². The molecular weight excluding hydrogens is 262 g/mol. The number of rotatable bonds is 5. The van der Waals surface area contributed by atoms with Gasteiger partial charge < -0.3 is 9.14 Å². The molecule has 0 spiro atoms. The van der Waals surface area contributed by atoms with Crippen molar-refractivity contribution in [2.45, 2.75) is 30.4 Å². The van der Waals surface area contributed by atoms with Gasteiger partial charge in [-0.3, -0.25) is 0 Å². The number of aromatic nitrogens is 2. The summed E-state index contributed by atoms with van der Waals surface area (Å²) < 4.78 is 7.67. The van der Waals surface area contributed by atoms with E-state index >= 15 is 0 Å².